The third kappa shape index (κ3) is 4.62. The molecule has 0 spiro atoms. The fraction of sp³-hybridized carbons (Fsp3) is 0.375. The molecule has 0 radical (unpaired) electrons. The number of amides is 2. The molecule has 1 aliphatic rings. The number of carbonyl (C=O) groups is 5. The van der Waals surface area contributed by atoms with E-state index in [9.17, 15) is 24.0 Å². The summed E-state index contributed by atoms with van der Waals surface area (Å²) in [7, 11) is 0. The molecular formula is C16H16N2O8. The van der Waals surface area contributed by atoms with E-state index in [0.29, 0.717) is 0 Å². The molecule has 0 aromatic carbocycles. The van der Waals surface area contributed by atoms with Crippen LogP contribution in [0.5, 0.6) is 0 Å². The Morgan fingerprint density at radius 1 is 1.19 bits per heavy atom. The van der Waals surface area contributed by atoms with E-state index in [2.05, 4.69) is 4.98 Å². The molecule has 138 valence electrons. The highest BCUT2D eigenvalue weighted by molar-refractivity contribution is 6.21. The molecule has 26 heavy (non-hydrogen) atoms. The van der Waals surface area contributed by atoms with Crippen LogP contribution < -0.4 is 0 Å². The number of aromatic nitrogens is 1. The minimum Gasteiger partial charge on any atom is -0.481 e. The van der Waals surface area contributed by atoms with Crippen molar-refractivity contribution < 1.29 is 38.6 Å². The minimum absolute atomic E-state index is 0.00338. The van der Waals surface area contributed by atoms with Gasteiger partial charge in [0.2, 0.25) is 6.29 Å². The average molecular weight is 364 g/mol. The molecule has 0 fully saturated rings. The van der Waals surface area contributed by atoms with Gasteiger partial charge < -0.3 is 14.6 Å². The van der Waals surface area contributed by atoms with Crippen LogP contribution in [-0.2, 0) is 23.9 Å². The molecule has 0 saturated heterocycles. The lowest BCUT2D eigenvalue weighted by molar-refractivity contribution is -0.188. The monoisotopic (exact) mass is 364 g/mol. The molecule has 1 aliphatic heterocycles. The first kappa shape index (κ1) is 19.0. The molecule has 10 nitrogen and oxygen atoms in total. The maximum atomic E-state index is 12.2. The number of hydrogen-bond acceptors (Lipinski definition) is 8. The zero-order valence-corrected chi connectivity index (χ0v) is 13.8. The van der Waals surface area contributed by atoms with E-state index in [0.717, 1.165) is 11.8 Å². The van der Waals surface area contributed by atoms with Gasteiger partial charge in [0.1, 0.15) is 6.42 Å². The Labute approximate surface area is 147 Å². The molecule has 1 atom stereocenters. The van der Waals surface area contributed by atoms with Crippen LogP contribution in [0.3, 0.4) is 0 Å². The topological polar surface area (TPSA) is 140 Å². The summed E-state index contributed by atoms with van der Waals surface area (Å²) in [4.78, 5) is 62.2. The van der Waals surface area contributed by atoms with E-state index in [4.69, 9.17) is 14.6 Å². The van der Waals surface area contributed by atoms with E-state index < -0.39 is 42.4 Å². The Morgan fingerprint density at radius 2 is 1.88 bits per heavy atom. The maximum Gasteiger partial charge on any atom is 0.320 e. The SMILES string of the molecule is CC(=O)OC(CCCN1C(=O)c2ccncc2C1=O)OC(=O)CC(=O)O. The van der Waals surface area contributed by atoms with Gasteiger partial charge in [-0.2, -0.15) is 0 Å². The summed E-state index contributed by atoms with van der Waals surface area (Å²) in [6.45, 7) is 1.12. The van der Waals surface area contributed by atoms with Crippen molar-refractivity contribution >= 4 is 29.7 Å². The van der Waals surface area contributed by atoms with Crippen LogP contribution >= 0.6 is 0 Å². The number of rotatable bonds is 8. The van der Waals surface area contributed by atoms with Crippen molar-refractivity contribution in [1.29, 1.82) is 0 Å². The van der Waals surface area contributed by atoms with E-state index in [1.54, 1.807) is 0 Å². The van der Waals surface area contributed by atoms with Crippen molar-refractivity contribution in [3.8, 4) is 0 Å². The van der Waals surface area contributed by atoms with Crippen LogP contribution in [0.25, 0.3) is 0 Å². The Kier molecular flexibility index (Phi) is 5.99. The number of pyridine rings is 1. The Morgan fingerprint density at radius 3 is 2.50 bits per heavy atom. The van der Waals surface area contributed by atoms with Gasteiger partial charge in [-0.15, -0.1) is 0 Å². The number of nitrogens with zero attached hydrogens (tertiary/aromatic N) is 2. The largest absolute Gasteiger partial charge is 0.481 e. The molecule has 1 N–H and O–H groups in total. The normalized spacial score (nSPS) is 14.0. The fourth-order valence-corrected chi connectivity index (χ4v) is 2.39. The second-order valence-electron chi connectivity index (χ2n) is 5.42. The number of ether oxygens (including phenoxy) is 2. The Hall–Kier alpha value is -3.30. The second-order valence-corrected chi connectivity index (χ2v) is 5.42. The highest BCUT2D eigenvalue weighted by Gasteiger charge is 2.35. The van der Waals surface area contributed by atoms with E-state index in [1.807, 2.05) is 0 Å². The summed E-state index contributed by atoms with van der Waals surface area (Å²) < 4.78 is 9.60. The molecule has 1 unspecified atom stereocenters. The standard InChI is InChI=1S/C16H16N2O8/c1-9(19)25-14(26-13(22)7-12(20)21)3-2-6-18-15(23)10-4-5-17-8-11(10)16(18)24/h4-5,8,14H,2-3,6-7H2,1H3,(H,20,21). The predicted molar refractivity (Wildman–Crippen MR) is 82.7 cm³/mol. The smallest absolute Gasteiger partial charge is 0.320 e. The molecule has 2 heterocycles. The molecule has 0 aliphatic carbocycles. The van der Waals surface area contributed by atoms with Crippen molar-refractivity contribution in [2.75, 3.05) is 6.54 Å². The third-order valence-electron chi connectivity index (χ3n) is 3.45. The Bertz CT molecular complexity index is 725. The maximum absolute atomic E-state index is 12.2. The van der Waals surface area contributed by atoms with Gasteiger partial charge in [0.15, 0.2) is 0 Å². The molecule has 0 saturated carbocycles. The van der Waals surface area contributed by atoms with Crippen LogP contribution in [0.1, 0.15) is 46.9 Å². The van der Waals surface area contributed by atoms with E-state index in [1.165, 1.54) is 18.5 Å². The van der Waals surface area contributed by atoms with E-state index in [-0.39, 0.29) is 30.5 Å². The third-order valence-corrected chi connectivity index (χ3v) is 3.45. The lowest BCUT2D eigenvalue weighted by Gasteiger charge is -2.19. The Balaban J connectivity index is 1.92. The summed E-state index contributed by atoms with van der Waals surface area (Å²) in [6, 6.07) is 1.45. The van der Waals surface area contributed by atoms with Gasteiger partial charge >= 0.3 is 17.9 Å². The van der Waals surface area contributed by atoms with Crippen molar-refractivity contribution in [2.24, 2.45) is 0 Å². The van der Waals surface area contributed by atoms with Crippen molar-refractivity contribution in [1.82, 2.24) is 9.88 Å². The predicted octanol–water partition coefficient (Wildman–Crippen LogP) is 0.365. The van der Waals surface area contributed by atoms with Gasteiger partial charge in [-0.3, -0.25) is 33.9 Å². The molecule has 2 amide bonds. The van der Waals surface area contributed by atoms with Crippen LogP contribution in [0.4, 0.5) is 0 Å². The van der Waals surface area contributed by atoms with Crippen molar-refractivity contribution in [3.05, 3.63) is 29.6 Å². The van der Waals surface area contributed by atoms with Gasteiger partial charge in [0, 0.05) is 32.3 Å². The van der Waals surface area contributed by atoms with E-state index >= 15 is 0 Å². The molecule has 0 bridgehead atoms. The second kappa shape index (κ2) is 8.19. The van der Waals surface area contributed by atoms with Gasteiger partial charge in [0.05, 0.1) is 11.1 Å². The van der Waals surface area contributed by atoms with Crippen molar-refractivity contribution in [3.63, 3.8) is 0 Å². The average Bonchev–Trinajstić information content (AvgIpc) is 2.78. The highest BCUT2D eigenvalue weighted by Crippen LogP contribution is 2.22. The number of carboxylic acid groups (broad SMARTS) is 1. The number of carboxylic acids is 1. The lowest BCUT2D eigenvalue weighted by Crippen LogP contribution is -2.32. The summed E-state index contributed by atoms with van der Waals surface area (Å²) in [6.07, 6.45) is 0.727. The number of hydrogen-bond donors (Lipinski definition) is 1. The zero-order valence-electron chi connectivity index (χ0n) is 13.8. The summed E-state index contributed by atoms with van der Waals surface area (Å²) in [5.41, 5.74) is 0.469. The quantitative estimate of drug-likeness (QED) is 0.300. The highest BCUT2D eigenvalue weighted by atomic mass is 16.7. The first-order chi connectivity index (χ1) is 12.3. The number of fused-ring (bicyclic) bond motifs is 1. The zero-order chi connectivity index (χ0) is 19.3. The first-order valence-electron chi connectivity index (χ1n) is 7.68. The number of esters is 2. The fourth-order valence-electron chi connectivity index (χ4n) is 2.39. The van der Waals surface area contributed by atoms with Gasteiger partial charge in [0.25, 0.3) is 11.8 Å². The summed E-state index contributed by atoms with van der Waals surface area (Å²) >= 11 is 0. The molecule has 1 aromatic heterocycles. The van der Waals surface area contributed by atoms with Gasteiger partial charge in [-0.05, 0) is 12.5 Å². The first-order valence-corrected chi connectivity index (χ1v) is 7.68. The van der Waals surface area contributed by atoms with Gasteiger partial charge in [-0.25, -0.2) is 0 Å². The lowest BCUT2D eigenvalue weighted by atomic mass is 10.2. The van der Waals surface area contributed by atoms with Crippen LogP contribution in [0, 0.1) is 0 Å². The minimum atomic E-state index is -1.38. The number of aliphatic carboxylic acids is 1. The van der Waals surface area contributed by atoms with Crippen LogP contribution in [0.15, 0.2) is 18.5 Å². The molecular weight excluding hydrogens is 348 g/mol. The number of imide groups is 1. The summed E-state index contributed by atoms with van der Waals surface area (Å²) in [5, 5.41) is 8.55. The molecule has 2 rings (SSSR count). The molecule has 10 heteroatoms. The molecule has 1 aromatic rings. The number of carbonyl (C=O) groups excluding carboxylic acids is 4. The van der Waals surface area contributed by atoms with Crippen LogP contribution in [0.2, 0.25) is 0 Å². The van der Waals surface area contributed by atoms with Crippen molar-refractivity contribution in [2.45, 2.75) is 32.5 Å². The summed E-state index contributed by atoms with van der Waals surface area (Å²) in [5.74, 6) is -4.10. The van der Waals surface area contributed by atoms with Gasteiger partial charge in [-0.1, -0.05) is 0 Å². The van der Waals surface area contributed by atoms with Crippen LogP contribution in [-0.4, -0.2) is 57.5 Å².